The van der Waals surface area contributed by atoms with Crippen molar-refractivity contribution in [3.05, 3.63) is 0 Å². The summed E-state index contributed by atoms with van der Waals surface area (Å²) in [5, 5.41) is 50.4. The van der Waals surface area contributed by atoms with E-state index in [2.05, 4.69) is 42.5 Å². The molecule has 0 aromatic rings. The maximum absolute atomic E-state index is 13.8. The van der Waals surface area contributed by atoms with Crippen molar-refractivity contribution in [1.82, 2.24) is 42.5 Å². The standard InChI is InChI=1S/C41H74N12O13S2/c1-20(2)14-26-36(60)52-30(41(65)66)19-68-67-18-23(44)33(57)46-24(10-6-8-12-42)34(58)47-25(11-7-9-13-43)35(59)49-28(16-31(45)56)37(61)51-29(17-54)39(63)48-27(15-21(3)4)38(62)53-32(22(5)55)40(64)50-26/h20-30,32,54-55H,6-19,42-44H2,1-5H3,(H2,45,56)(H,46,57)(H,47,58)(H,48,63)(H,49,59)(H,50,64)(H,51,61)(H,52,60)(H,53,62)(H,65,66)/t22-,23+,24+,25+,26+,27+,28+,29+,30+,32+/m1/s1. The lowest BCUT2D eigenvalue weighted by atomic mass is 10.0. The molecule has 0 aromatic carbocycles. The molecule has 25 nitrogen and oxygen atoms in total. The lowest BCUT2D eigenvalue weighted by Gasteiger charge is -2.29. The SMILES string of the molecule is CC(C)C[C@@H]1NC(=O)[C@H](CO)NC(=O)[C@H](CC(N)=O)NC(=O)[C@H](CCCCN)NC(=O)[C@H](CCCCN)NC(=O)[C@@H](N)CSSC[C@@H](C(=O)O)NC(=O)[C@H](CC(C)C)NC(=O)[C@H]([C@@H](C)O)NC1=O. The molecule has 388 valence electrons. The Bertz CT molecular complexity index is 1710. The zero-order valence-electron chi connectivity index (χ0n) is 39.4. The van der Waals surface area contributed by atoms with Gasteiger partial charge in [-0.15, -0.1) is 0 Å². The van der Waals surface area contributed by atoms with E-state index in [1.165, 1.54) is 6.92 Å². The van der Waals surface area contributed by atoms with Crippen LogP contribution in [0.3, 0.4) is 0 Å². The van der Waals surface area contributed by atoms with E-state index < -0.39 is 133 Å². The largest absolute Gasteiger partial charge is 0.480 e. The molecule has 1 aliphatic rings. The Labute approximate surface area is 404 Å². The van der Waals surface area contributed by atoms with Crippen LogP contribution >= 0.6 is 21.6 Å². The number of aliphatic hydroxyl groups is 2. The predicted octanol–water partition coefficient (Wildman–Crippen LogP) is -4.73. The maximum Gasteiger partial charge on any atom is 0.327 e. The number of primary amides is 1. The Morgan fingerprint density at radius 2 is 0.971 bits per heavy atom. The number of nitrogens with one attached hydrogen (secondary N) is 8. The van der Waals surface area contributed by atoms with E-state index >= 15 is 0 Å². The van der Waals surface area contributed by atoms with Gasteiger partial charge in [0.1, 0.15) is 48.3 Å². The molecule has 0 saturated carbocycles. The van der Waals surface area contributed by atoms with Crippen LogP contribution in [0.1, 0.15) is 92.4 Å². The Morgan fingerprint density at radius 3 is 1.43 bits per heavy atom. The number of carbonyl (C=O) groups excluding carboxylic acids is 9. The zero-order valence-corrected chi connectivity index (χ0v) is 41.0. The van der Waals surface area contributed by atoms with Gasteiger partial charge in [0, 0.05) is 11.5 Å². The fourth-order valence-electron chi connectivity index (χ4n) is 6.58. The van der Waals surface area contributed by atoms with Gasteiger partial charge in [-0.2, -0.15) is 0 Å². The van der Waals surface area contributed by atoms with Gasteiger partial charge in [-0.25, -0.2) is 4.79 Å². The molecular formula is C41H74N12O13S2. The molecule has 68 heavy (non-hydrogen) atoms. The second kappa shape index (κ2) is 32.1. The summed E-state index contributed by atoms with van der Waals surface area (Å²) in [6.45, 7) is 7.51. The van der Waals surface area contributed by atoms with E-state index in [0.29, 0.717) is 25.7 Å². The van der Waals surface area contributed by atoms with E-state index in [0.717, 1.165) is 21.6 Å². The van der Waals surface area contributed by atoms with Gasteiger partial charge >= 0.3 is 5.97 Å². The topological polar surface area (TPSA) is 432 Å². The molecule has 0 bridgehead atoms. The van der Waals surface area contributed by atoms with Crippen LogP contribution in [0.25, 0.3) is 0 Å². The number of hydrogen-bond donors (Lipinski definition) is 15. The summed E-state index contributed by atoms with van der Waals surface area (Å²) in [7, 11) is 1.98. The fourth-order valence-corrected chi connectivity index (χ4v) is 8.86. The molecule has 1 saturated heterocycles. The van der Waals surface area contributed by atoms with Crippen LogP contribution in [-0.4, -0.2) is 166 Å². The summed E-state index contributed by atoms with van der Waals surface area (Å²) in [6.07, 6.45) is -0.844. The van der Waals surface area contributed by atoms with Gasteiger partial charge in [-0.05, 0) is 83.2 Å². The van der Waals surface area contributed by atoms with E-state index in [-0.39, 0.29) is 62.1 Å². The monoisotopic (exact) mass is 1010 g/mol. The summed E-state index contributed by atoms with van der Waals surface area (Å²) < 4.78 is 0. The second-order valence-corrected chi connectivity index (χ2v) is 19.9. The summed E-state index contributed by atoms with van der Waals surface area (Å²) in [4.78, 5) is 134. The Hall–Kier alpha value is -4.80. The molecule has 0 radical (unpaired) electrons. The van der Waals surface area contributed by atoms with Gasteiger partial charge < -0.3 is 80.8 Å². The van der Waals surface area contributed by atoms with Gasteiger partial charge in [-0.3, -0.25) is 43.2 Å². The number of carboxylic acid groups (broad SMARTS) is 1. The van der Waals surface area contributed by atoms with E-state index in [4.69, 9.17) is 22.9 Å². The van der Waals surface area contributed by atoms with E-state index in [1.807, 2.05) is 0 Å². The minimum Gasteiger partial charge on any atom is -0.480 e. The number of rotatable bonds is 17. The van der Waals surface area contributed by atoms with Crippen molar-refractivity contribution in [3.8, 4) is 0 Å². The van der Waals surface area contributed by atoms with Crippen molar-refractivity contribution < 1.29 is 63.3 Å². The Kier molecular flexibility index (Phi) is 28.9. The molecule has 10 atom stereocenters. The smallest absolute Gasteiger partial charge is 0.327 e. The van der Waals surface area contributed by atoms with Gasteiger partial charge in [-0.1, -0.05) is 49.3 Å². The first-order valence-electron chi connectivity index (χ1n) is 22.6. The number of carboxylic acids is 1. The molecule has 0 unspecified atom stereocenters. The minimum absolute atomic E-state index is 0.000700. The maximum atomic E-state index is 13.8. The highest BCUT2D eigenvalue weighted by atomic mass is 33.1. The van der Waals surface area contributed by atoms with E-state index in [9.17, 15) is 63.3 Å². The average Bonchev–Trinajstić information content (AvgIpc) is 3.25. The van der Waals surface area contributed by atoms with Crippen LogP contribution in [0.5, 0.6) is 0 Å². The van der Waals surface area contributed by atoms with Crippen LogP contribution in [0.15, 0.2) is 0 Å². The molecule has 27 heteroatoms. The molecule has 19 N–H and O–H groups in total. The molecule has 1 aliphatic heterocycles. The number of nitrogens with two attached hydrogens (primary N) is 4. The highest BCUT2D eigenvalue weighted by Gasteiger charge is 2.37. The first-order valence-corrected chi connectivity index (χ1v) is 25.1. The fraction of sp³-hybridized carbons (Fsp3) is 0.756. The number of aliphatic hydroxyl groups excluding tert-OH is 2. The molecule has 0 aromatic heterocycles. The van der Waals surface area contributed by atoms with Crippen LogP contribution < -0.4 is 65.5 Å². The third-order valence-corrected chi connectivity index (χ3v) is 12.7. The van der Waals surface area contributed by atoms with Crippen molar-refractivity contribution in [2.45, 2.75) is 153 Å². The lowest BCUT2D eigenvalue weighted by Crippen LogP contribution is -2.62. The molecule has 1 heterocycles. The van der Waals surface area contributed by atoms with Gasteiger partial charge in [0.25, 0.3) is 0 Å². The van der Waals surface area contributed by atoms with Crippen LogP contribution in [0.4, 0.5) is 0 Å². The Morgan fingerprint density at radius 1 is 0.574 bits per heavy atom. The van der Waals surface area contributed by atoms with Crippen LogP contribution in [0, 0.1) is 11.8 Å². The Balaban J connectivity index is 3.81. The lowest BCUT2D eigenvalue weighted by molar-refractivity contribution is -0.142. The molecule has 9 amide bonds. The first kappa shape index (κ1) is 61.2. The third-order valence-electron chi connectivity index (χ3n) is 10.3. The van der Waals surface area contributed by atoms with E-state index in [1.54, 1.807) is 27.7 Å². The predicted molar refractivity (Wildman–Crippen MR) is 253 cm³/mol. The summed E-state index contributed by atoms with van der Waals surface area (Å²) >= 11 is 0. The number of carbonyl (C=O) groups is 10. The average molecular weight is 1010 g/mol. The van der Waals surface area contributed by atoms with Crippen molar-refractivity contribution in [3.63, 3.8) is 0 Å². The quantitative estimate of drug-likeness (QED) is 0.0481. The van der Waals surface area contributed by atoms with Crippen molar-refractivity contribution >= 4 is 80.7 Å². The number of hydrogen-bond acceptors (Lipinski definition) is 17. The van der Waals surface area contributed by atoms with Gasteiger partial charge in [0.2, 0.25) is 53.2 Å². The normalized spacial score (nSPS) is 26.9. The minimum atomic E-state index is -1.80. The zero-order chi connectivity index (χ0) is 51.7. The second-order valence-electron chi connectivity index (χ2n) is 17.3. The molecule has 0 spiro atoms. The van der Waals surface area contributed by atoms with Gasteiger partial charge in [0.05, 0.1) is 25.2 Å². The number of aliphatic carboxylic acids is 1. The van der Waals surface area contributed by atoms with Crippen molar-refractivity contribution in [2.24, 2.45) is 34.8 Å². The molecule has 1 fully saturated rings. The molecule has 1 rings (SSSR count). The van der Waals surface area contributed by atoms with Gasteiger partial charge in [0.15, 0.2) is 0 Å². The summed E-state index contributed by atoms with van der Waals surface area (Å²) in [6, 6.07) is -13.4. The first-order chi connectivity index (χ1) is 31.9. The number of amides is 9. The highest BCUT2D eigenvalue weighted by molar-refractivity contribution is 8.76. The summed E-state index contributed by atoms with van der Waals surface area (Å²) in [5.41, 5.74) is 22.9. The molecular weight excluding hydrogens is 933 g/mol. The van der Waals surface area contributed by atoms with Crippen molar-refractivity contribution in [2.75, 3.05) is 31.2 Å². The van der Waals surface area contributed by atoms with Crippen LogP contribution in [0.2, 0.25) is 0 Å². The summed E-state index contributed by atoms with van der Waals surface area (Å²) in [5.74, 6) is -11.0. The number of unbranched alkanes of at least 4 members (excludes halogenated alkanes) is 2. The van der Waals surface area contributed by atoms with Crippen LogP contribution in [-0.2, 0) is 47.9 Å². The molecule has 0 aliphatic carbocycles. The van der Waals surface area contributed by atoms with Crippen molar-refractivity contribution in [1.29, 1.82) is 0 Å². The highest BCUT2D eigenvalue weighted by Crippen LogP contribution is 2.23. The third kappa shape index (κ3) is 23.0.